The molecule has 0 aliphatic carbocycles. The molecular weight excluding hydrogens is 905 g/mol. The molecule has 3 aromatic carbocycles. The fourth-order valence-corrected chi connectivity index (χ4v) is 11.0. The maximum Gasteiger partial charge on any atom is 0.315 e. The Morgan fingerprint density at radius 1 is 0.652 bits per heavy atom. The number of rotatable bonds is 31. The number of aryl methyl sites for hydroxylation is 4. The topological polar surface area (TPSA) is 114 Å². The lowest BCUT2D eigenvalue weighted by Crippen LogP contribution is -2.16. The van der Waals surface area contributed by atoms with E-state index in [2.05, 4.69) is 58.9 Å². The molecule has 1 fully saturated rings. The van der Waals surface area contributed by atoms with Crippen molar-refractivity contribution in [2.45, 2.75) is 169 Å². The van der Waals surface area contributed by atoms with Gasteiger partial charge in [0.2, 0.25) is 6.79 Å². The van der Waals surface area contributed by atoms with Crippen LogP contribution in [0.4, 0.5) is 0 Å². The average molecular weight is 987 g/mol. The van der Waals surface area contributed by atoms with Crippen LogP contribution in [0.5, 0.6) is 23.0 Å². The second-order valence-electron chi connectivity index (χ2n) is 19.0. The van der Waals surface area contributed by atoms with E-state index >= 15 is 0 Å². The van der Waals surface area contributed by atoms with Gasteiger partial charge in [-0.3, -0.25) is 19.2 Å². The quantitative estimate of drug-likeness (QED) is 0.0153. The summed E-state index contributed by atoms with van der Waals surface area (Å²) in [6.07, 6.45) is 23.4. The Hall–Kier alpha value is -4.48. The average Bonchev–Trinajstić information content (AvgIpc) is 3.76. The Balaban J connectivity index is 0.000000367. The van der Waals surface area contributed by atoms with Gasteiger partial charge in [-0.25, -0.2) is 0 Å². The van der Waals surface area contributed by atoms with E-state index < -0.39 is 0 Å². The molecule has 0 N–H and O–H groups in total. The highest BCUT2D eigenvalue weighted by Crippen LogP contribution is 2.49. The molecule has 0 aromatic heterocycles. The molecule has 1 aliphatic rings. The molecule has 1 aliphatic heterocycles. The largest absolute Gasteiger partial charge is 0.493 e. The van der Waals surface area contributed by atoms with E-state index in [0.717, 1.165) is 85.6 Å². The molecule has 1 heterocycles. The minimum absolute atomic E-state index is 0.135. The SMILES string of the molecule is COc1cc(CCC(=O)CCCC/C=C/C(C)C)ccc1OC(=O)Cc1c(C)cccc1C.COc1cc(CCC(=O)CCCC/C=C/C(C)C)ccc1OCOC(=O)CCCC[C@]1(C)CCSS1. The van der Waals surface area contributed by atoms with Gasteiger partial charge in [-0.1, -0.05) is 110 Å². The van der Waals surface area contributed by atoms with Gasteiger partial charge in [-0.15, -0.1) is 0 Å². The van der Waals surface area contributed by atoms with Crippen LogP contribution in [0.3, 0.4) is 0 Å². The number of carbonyl (C=O) groups is 4. The molecule has 3 aromatic rings. The number of allylic oxidation sites excluding steroid dienone is 4. The number of ketones is 2. The summed E-state index contributed by atoms with van der Waals surface area (Å²) in [6.45, 7) is 14.8. The van der Waals surface area contributed by atoms with Gasteiger partial charge in [0.1, 0.15) is 11.6 Å². The zero-order valence-electron chi connectivity index (χ0n) is 43.3. The van der Waals surface area contributed by atoms with Crippen LogP contribution >= 0.6 is 21.6 Å². The number of unbranched alkanes of at least 4 members (excludes halogenated alkanes) is 5. The molecule has 0 amide bonds. The van der Waals surface area contributed by atoms with Crippen LogP contribution in [0, 0.1) is 25.7 Å². The summed E-state index contributed by atoms with van der Waals surface area (Å²) in [6, 6.07) is 17.1. The molecule has 380 valence electrons. The van der Waals surface area contributed by atoms with E-state index in [1.807, 2.05) is 84.0 Å². The maximum atomic E-state index is 12.5. The van der Waals surface area contributed by atoms with Crippen LogP contribution in [0.2, 0.25) is 0 Å². The van der Waals surface area contributed by atoms with E-state index in [-0.39, 0.29) is 30.9 Å². The molecule has 0 bridgehead atoms. The van der Waals surface area contributed by atoms with Crippen LogP contribution < -0.4 is 18.9 Å². The first-order valence-electron chi connectivity index (χ1n) is 25.2. The van der Waals surface area contributed by atoms with Gasteiger partial charge in [0.25, 0.3) is 0 Å². The Morgan fingerprint density at radius 3 is 1.71 bits per heavy atom. The fourth-order valence-electron chi connectivity index (χ4n) is 7.74. The number of esters is 2. The lowest BCUT2D eigenvalue weighted by molar-refractivity contribution is -0.150. The summed E-state index contributed by atoms with van der Waals surface area (Å²) < 4.78 is 27.7. The van der Waals surface area contributed by atoms with Crippen molar-refractivity contribution in [2.24, 2.45) is 11.8 Å². The number of Topliss-reactive ketones (excluding diaryl/α,β-unsaturated/α-hetero) is 2. The molecule has 0 saturated carbocycles. The number of methoxy groups -OCH3 is 2. The fraction of sp³-hybridized carbons (Fsp3) is 0.552. The van der Waals surface area contributed by atoms with E-state index in [1.54, 1.807) is 20.3 Å². The third kappa shape index (κ3) is 24.8. The highest BCUT2D eigenvalue weighted by atomic mass is 33.1. The van der Waals surface area contributed by atoms with Crippen LogP contribution in [-0.2, 0) is 43.2 Å². The van der Waals surface area contributed by atoms with Crippen LogP contribution in [0.15, 0.2) is 78.9 Å². The normalized spacial score (nSPS) is 14.5. The van der Waals surface area contributed by atoms with Crippen molar-refractivity contribution in [3.63, 3.8) is 0 Å². The molecular formula is C58H82O9S2. The van der Waals surface area contributed by atoms with Gasteiger partial charge in [-0.2, -0.15) is 0 Å². The van der Waals surface area contributed by atoms with Gasteiger partial charge in [0.05, 0.1) is 20.6 Å². The van der Waals surface area contributed by atoms with E-state index in [1.165, 1.54) is 12.2 Å². The minimum Gasteiger partial charge on any atom is -0.493 e. The molecule has 11 heteroatoms. The van der Waals surface area contributed by atoms with E-state index in [4.69, 9.17) is 23.7 Å². The Kier molecular flexibility index (Phi) is 28.3. The summed E-state index contributed by atoms with van der Waals surface area (Å²) in [5.74, 6) is 4.41. The van der Waals surface area contributed by atoms with Crippen LogP contribution in [-0.4, -0.2) is 55.0 Å². The Labute approximate surface area is 423 Å². The first-order chi connectivity index (χ1) is 33.1. The van der Waals surface area contributed by atoms with E-state index in [9.17, 15) is 19.2 Å². The molecule has 9 nitrogen and oxygen atoms in total. The lowest BCUT2D eigenvalue weighted by atomic mass is 9.99. The van der Waals surface area contributed by atoms with Gasteiger partial charge in [0, 0.05) is 42.6 Å². The standard InChI is InChI=1S/C29H44O5S2.C29H38O4/c1-23(2)11-7-5-6-8-12-25(30)16-14-24-15-17-26(27(21-24)32-4)33-22-34-28(31)13-9-10-18-29(3)19-20-35-36-29;1-21(2)11-8-6-7-9-14-25(30)17-15-24-16-18-27(28(19-24)32-5)33-29(31)20-26-22(3)12-10-13-23(26)4/h7,11,15,17,21,23H,5-6,8-10,12-14,16,18-20,22H2,1-4H3;8,10-13,16,18-19,21H,6-7,9,14-15,17,20H2,1-5H3/b11-7+;11-8+/t29-;/m1./s1. The maximum absolute atomic E-state index is 12.5. The first kappa shape index (κ1) is 58.8. The molecule has 69 heavy (non-hydrogen) atoms. The van der Waals surface area contributed by atoms with Crippen molar-refractivity contribution in [3.8, 4) is 23.0 Å². The predicted octanol–water partition coefficient (Wildman–Crippen LogP) is 14.7. The second kappa shape index (κ2) is 33.2. The predicted molar refractivity (Wildman–Crippen MR) is 286 cm³/mol. The lowest BCUT2D eigenvalue weighted by Gasteiger charge is -2.20. The zero-order valence-corrected chi connectivity index (χ0v) is 44.9. The number of benzene rings is 3. The third-order valence-electron chi connectivity index (χ3n) is 12.0. The molecule has 1 saturated heterocycles. The van der Waals surface area contributed by atoms with Crippen molar-refractivity contribution in [1.82, 2.24) is 0 Å². The monoisotopic (exact) mass is 987 g/mol. The first-order valence-corrected chi connectivity index (χ1v) is 27.5. The number of hydrogen-bond donors (Lipinski definition) is 0. The summed E-state index contributed by atoms with van der Waals surface area (Å²) in [5, 5.41) is 0. The van der Waals surface area contributed by atoms with Crippen molar-refractivity contribution < 1.29 is 42.9 Å². The van der Waals surface area contributed by atoms with Gasteiger partial charge < -0.3 is 23.7 Å². The summed E-state index contributed by atoms with van der Waals surface area (Å²) in [7, 11) is 7.07. The van der Waals surface area contributed by atoms with Crippen molar-refractivity contribution in [1.29, 1.82) is 0 Å². The van der Waals surface area contributed by atoms with Gasteiger partial charge in [0.15, 0.2) is 23.0 Å². The summed E-state index contributed by atoms with van der Waals surface area (Å²) >= 11 is 0. The minimum atomic E-state index is -0.322. The van der Waals surface area contributed by atoms with Gasteiger partial charge >= 0.3 is 11.9 Å². The van der Waals surface area contributed by atoms with Gasteiger partial charge in [-0.05, 0) is 155 Å². The second-order valence-corrected chi connectivity index (χ2v) is 22.0. The smallest absolute Gasteiger partial charge is 0.315 e. The highest BCUT2D eigenvalue weighted by Gasteiger charge is 2.29. The van der Waals surface area contributed by atoms with Crippen molar-refractivity contribution in [3.05, 3.63) is 107 Å². The number of hydrogen-bond acceptors (Lipinski definition) is 11. The van der Waals surface area contributed by atoms with Crippen molar-refractivity contribution in [2.75, 3.05) is 26.8 Å². The van der Waals surface area contributed by atoms with E-state index in [0.29, 0.717) is 90.3 Å². The summed E-state index contributed by atoms with van der Waals surface area (Å²) in [5.41, 5.74) is 5.16. The molecule has 1 atom stereocenters. The number of carbonyl (C=O) groups excluding carboxylic acids is 4. The van der Waals surface area contributed by atoms with Crippen molar-refractivity contribution >= 4 is 45.1 Å². The molecule has 0 radical (unpaired) electrons. The Morgan fingerprint density at radius 2 is 1.19 bits per heavy atom. The van der Waals surface area contributed by atoms with Crippen LogP contribution in [0.25, 0.3) is 0 Å². The van der Waals surface area contributed by atoms with Crippen LogP contribution in [0.1, 0.15) is 159 Å². The zero-order chi connectivity index (χ0) is 50.4. The summed E-state index contributed by atoms with van der Waals surface area (Å²) in [4.78, 5) is 49.0. The molecule has 4 rings (SSSR count). The molecule has 0 unspecified atom stereocenters. The Bertz CT molecular complexity index is 2060. The molecule has 0 spiro atoms. The third-order valence-corrected chi connectivity index (χ3v) is 15.3. The number of ether oxygens (including phenoxy) is 5. The highest BCUT2D eigenvalue weighted by molar-refractivity contribution is 8.77.